The molecule has 1 aliphatic heterocycles. The van der Waals surface area contributed by atoms with Gasteiger partial charge in [0, 0.05) is 30.1 Å². The molecule has 0 unspecified atom stereocenters. The molecule has 0 bridgehead atoms. The Kier molecular flexibility index (Phi) is 4.23. The number of nitriles is 1. The van der Waals surface area contributed by atoms with E-state index >= 15 is 0 Å². The molecule has 0 amide bonds. The molecule has 0 radical (unpaired) electrons. The molecular formula is C13H15ClN2O3S. The van der Waals surface area contributed by atoms with E-state index in [1.165, 1.54) is 17.4 Å². The Morgan fingerprint density at radius 1 is 1.55 bits per heavy atom. The third kappa shape index (κ3) is 2.62. The SMILES string of the molecule is C[C@@H](CC#N)N(C)S(=O)(=O)c1cc(Cl)cc2c1OCC2. The number of halogens is 1. The van der Waals surface area contributed by atoms with E-state index in [0.29, 0.717) is 23.8 Å². The summed E-state index contributed by atoms with van der Waals surface area (Å²) in [6.45, 7) is 2.14. The van der Waals surface area contributed by atoms with Crippen molar-refractivity contribution in [2.45, 2.75) is 30.7 Å². The fourth-order valence-electron chi connectivity index (χ4n) is 2.08. The van der Waals surface area contributed by atoms with Crippen LogP contribution >= 0.6 is 11.6 Å². The van der Waals surface area contributed by atoms with E-state index in [9.17, 15) is 8.42 Å². The van der Waals surface area contributed by atoms with Crippen LogP contribution in [0, 0.1) is 11.3 Å². The van der Waals surface area contributed by atoms with Gasteiger partial charge in [0.2, 0.25) is 10.0 Å². The minimum Gasteiger partial charge on any atom is -0.492 e. The maximum Gasteiger partial charge on any atom is 0.246 e. The Hall–Kier alpha value is -1.29. The highest BCUT2D eigenvalue weighted by Gasteiger charge is 2.31. The monoisotopic (exact) mass is 314 g/mol. The lowest BCUT2D eigenvalue weighted by molar-refractivity contribution is 0.344. The van der Waals surface area contributed by atoms with Crippen LogP contribution in [0.2, 0.25) is 5.02 Å². The first-order valence-corrected chi connectivity index (χ1v) is 8.00. The highest BCUT2D eigenvalue weighted by molar-refractivity contribution is 7.89. The van der Waals surface area contributed by atoms with Crippen molar-refractivity contribution < 1.29 is 13.2 Å². The van der Waals surface area contributed by atoms with Crippen LogP contribution in [0.4, 0.5) is 0 Å². The summed E-state index contributed by atoms with van der Waals surface area (Å²) >= 11 is 5.99. The summed E-state index contributed by atoms with van der Waals surface area (Å²) in [6.07, 6.45) is 0.773. The predicted octanol–water partition coefficient (Wildman–Crippen LogP) is 2.20. The summed E-state index contributed by atoms with van der Waals surface area (Å²) in [5.41, 5.74) is 0.803. The average molecular weight is 315 g/mol. The highest BCUT2D eigenvalue weighted by atomic mass is 35.5. The number of benzene rings is 1. The molecule has 0 saturated heterocycles. The summed E-state index contributed by atoms with van der Waals surface area (Å²) in [5, 5.41) is 9.07. The number of fused-ring (bicyclic) bond motifs is 1. The van der Waals surface area contributed by atoms with Gasteiger partial charge in [-0.2, -0.15) is 9.57 Å². The van der Waals surface area contributed by atoms with Crippen molar-refractivity contribution in [3.8, 4) is 11.8 Å². The normalized spacial score (nSPS) is 15.6. The van der Waals surface area contributed by atoms with Gasteiger partial charge in [-0.05, 0) is 19.1 Å². The molecule has 0 aliphatic carbocycles. The lowest BCUT2D eigenvalue weighted by atomic mass is 10.2. The molecule has 0 N–H and O–H groups in total. The second kappa shape index (κ2) is 5.60. The van der Waals surface area contributed by atoms with Gasteiger partial charge in [-0.25, -0.2) is 8.42 Å². The summed E-state index contributed by atoms with van der Waals surface area (Å²) in [5.74, 6) is 0.380. The molecule has 0 spiro atoms. The van der Waals surface area contributed by atoms with Crippen LogP contribution in [0.15, 0.2) is 17.0 Å². The van der Waals surface area contributed by atoms with Crippen LogP contribution in [0.25, 0.3) is 0 Å². The largest absolute Gasteiger partial charge is 0.492 e. The molecule has 1 atom stereocenters. The fraction of sp³-hybridized carbons (Fsp3) is 0.462. The predicted molar refractivity (Wildman–Crippen MR) is 75.3 cm³/mol. The van der Waals surface area contributed by atoms with Crippen molar-refractivity contribution in [2.24, 2.45) is 0 Å². The molecule has 7 heteroatoms. The van der Waals surface area contributed by atoms with Gasteiger partial charge in [0.05, 0.1) is 19.1 Å². The van der Waals surface area contributed by atoms with Crippen LogP contribution in [-0.4, -0.2) is 32.4 Å². The second-order valence-corrected chi connectivity index (χ2v) is 7.13. The zero-order valence-electron chi connectivity index (χ0n) is 11.3. The van der Waals surface area contributed by atoms with Crippen LogP contribution in [-0.2, 0) is 16.4 Å². The maximum absolute atomic E-state index is 12.6. The Labute approximate surface area is 123 Å². The molecule has 5 nitrogen and oxygen atoms in total. The Balaban J connectivity index is 2.48. The zero-order valence-corrected chi connectivity index (χ0v) is 12.8. The van der Waals surface area contributed by atoms with Crippen molar-refractivity contribution in [3.05, 3.63) is 22.7 Å². The number of sulfonamides is 1. The number of nitrogens with zero attached hydrogens (tertiary/aromatic N) is 2. The first-order valence-electron chi connectivity index (χ1n) is 6.18. The average Bonchev–Trinajstić information content (AvgIpc) is 2.84. The van der Waals surface area contributed by atoms with Crippen molar-refractivity contribution in [1.82, 2.24) is 4.31 Å². The Morgan fingerprint density at radius 2 is 2.25 bits per heavy atom. The quantitative estimate of drug-likeness (QED) is 0.854. The lowest BCUT2D eigenvalue weighted by Crippen LogP contribution is -2.35. The van der Waals surface area contributed by atoms with Crippen molar-refractivity contribution in [3.63, 3.8) is 0 Å². The molecule has 108 valence electrons. The van der Waals surface area contributed by atoms with Gasteiger partial charge in [-0.1, -0.05) is 11.6 Å². The van der Waals surface area contributed by atoms with E-state index in [2.05, 4.69) is 0 Å². The Bertz CT molecular complexity index is 667. The van der Waals surface area contributed by atoms with E-state index in [-0.39, 0.29) is 11.3 Å². The van der Waals surface area contributed by atoms with E-state index in [0.717, 1.165) is 5.56 Å². The minimum absolute atomic E-state index is 0.0739. The molecule has 0 fully saturated rings. The van der Waals surface area contributed by atoms with Crippen LogP contribution < -0.4 is 4.74 Å². The minimum atomic E-state index is -3.74. The van der Waals surface area contributed by atoms with Gasteiger partial charge < -0.3 is 4.74 Å². The van der Waals surface area contributed by atoms with Gasteiger partial charge in [-0.15, -0.1) is 0 Å². The standard InChI is InChI=1S/C13H15ClN2O3S/c1-9(3-5-15)16(2)20(17,18)12-8-11(14)7-10-4-6-19-13(10)12/h7-9H,3-4,6H2,1-2H3/t9-/m0/s1. The Morgan fingerprint density at radius 3 is 2.90 bits per heavy atom. The molecule has 1 aromatic carbocycles. The van der Waals surface area contributed by atoms with E-state index in [4.69, 9.17) is 21.6 Å². The number of ether oxygens (including phenoxy) is 1. The molecule has 1 aliphatic rings. The molecular weight excluding hydrogens is 300 g/mol. The van der Waals surface area contributed by atoms with E-state index in [1.807, 2.05) is 6.07 Å². The third-order valence-electron chi connectivity index (χ3n) is 3.38. The molecule has 1 aromatic rings. The molecule has 1 heterocycles. The highest BCUT2D eigenvalue weighted by Crippen LogP contribution is 2.37. The molecule has 20 heavy (non-hydrogen) atoms. The number of hydrogen-bond donors (Lipinski definition) is 0. The van der Waals surface area contributed by atoms with E-state index in [1.54, 1.807) is 13.0 Å². The smallest absolute Gasteiger partial charge is 0.246 e. The molecule has 2 rings (SSSR count). The maximum atomic E-state index is 12.6. The van der Waals surface area contributed by atoms with E-state index < -0.39 is 16.1 Å². The fourth-order valence-corrected chi connectivity index (χ4v) is 3.94. The molecule has 0 saturated carbocycles. The summed E-state index contributed by atoms with van der Waals surface area (Å²) in [6, 6.07) is 4.68. The third-order valence-corrected chi connectivity index (χ3v) is 5.57. The van der Waals surface area contributed by atoms with Gasteiger partial charge in [0.1, 0.15) is 10.6 Å². The van der Waals surface area contributed by atoms with Gasteiger partial charge >= 0.3 is 0 Å². The van der Waals surface area contributed by atoms with Crippen molar-refractivity contribution in [1.29, 1.82) is 5.26 Å². The van der Waals surface area contributed by atoms with Crippen LogP contribution in [0.1, 0.15) is 18.9 Å². The first-order chi connectivity index (χ1) is 9.37. The topological polar surface area (TPSA) is 70.4 Å². The van der Waals surface area contributed by atoms with Crippen molar-refractivity contribution >= 4 is 21.6 Å². The van der Waals surface area contributed by atoms with Gasteiger partial charge in [0.15, 0.2) is 0 Å². The molecule has 0 aromatic heterocycles. The van der Waals surface area contributed by atoms with Crippen molar-refractivity contribution in [2.75, 3.05) is 13.7 Å². The summed E-state index contributed by atoms with van der Waals surface area (Å²) in [4.78, 5) is 0.0739. The lowest BCUT2D eigenvalue weighted by Gasteiger charge is -2.23. The first kappa shape index (κ1) is 15.1. The zero-order chi connectivity index (χ0) is 14.9. The summed E-state index contributed by atoms with van der Waals surface area (Å²) in [7, 11) is -2.28. The number of hydrogen-bond acceptors (Lipinski definition) is 4. The second-order valence-electron chi connectivity index (χ2n) is 4.72. The number of rotatable bonds is 4. The van der Waals surface area contributed by atoms with Crippen LogP contribution in [0.5, 0.6) is 5.75 Å². The summed E-state index contributed by atoms with van der Waals surface area (Å²) < 4.78 is 31.9. The van der Waals surface area contributed by atoms with Crippen LogP contribution in [0.3, 0.4) is 0 Å². The van der Waals surface area contributed by atoms with Gasteiger partial charge in [-0.3, -0.25) is 0 Å². The van der Waals surface area contributed by atoms with Gasteiger partial charge in [0.25, 0.3) is 0 Å².